The fourth-order valence-corrected chi connectivity index (χ4v) is 1.27. The largest absolute Gasteiger partial charge is 0.442 e. The van der Waals surface area contributed by atoms with E-state index in [-0.39, 0.29) is 18.6 Å². The lowest BCUT2D eigenvalue weighted by Gasteiger charge is -2.07. The smallest absolute Gasteiger partial charge is 0.313 e. The van der Waals surface area contributed by atoms with Crippen molar-refractivity contribution in [3.63, 3.8) is 0 Å². The molecule has 6 heteroatoms. The Morgan fingerprint density at radius 2 is 2.64 bits per heavy atom. The molecule has 2 heterocycles. The molecule has 0 aliphatic carbocycles. The quantitative estimate of drug-likeness (QED) is 0.628. The summed E-state index contributed by atoms with van der Waals surface area (Å²) in [6.07, 6.45) is 3.64. The molecule has 0 bridgehead atoms. The molecule has 6 nitrogen and oxygen atoms in total. The first kappa shape index (κ1) is 9.14. The Bertz CT molecular complexity index is 293. The first-order valence-corrected chi connectivity index (χ1v) is 4.43. The molecule has 1 saturated heterocycles. The van der Waals surface area contributed by atoms with Crippen LogP contribution in [0.5, 0.6) is 0 Å². The van der Waals surface area contributed by atoms with Crippen LogP contribution in [0.3, 0.4) is 0 Å². The van der Waals surface area contributed by atoms with Gasteiger partial charge in [0.15, 0.2) is 6.73 Å². The molecule has 14 heavy (non-hydrogen) atoms. The van der Waals surface area contributed by atoms with Gasteiger partial charge in [-0.3, -0.25) is 4.79 Å². The average molecular weight is 197 g/mol. The van der Waals surface area contributed by atoms with E-state index in [0.717, 1.165) is 6.42 Å². The SMILES string of the molecule is O=C(OCn1cncn1)C1CCOC1. The second-order valence-electron chi connectivity index (χ2n) is 3.09. The summed E-state index contributed by atoms with van der Waals surface area (Å²) in [5.74, 6) is -0.337. The molecule has 0 radical (unpaired) electrons. The fourth-order valence-electron chi connectivity index (χ4n) is 1.27. The van der Waals surface area contributed by atoms with E-state index in [0.29, 0.717) is 13.2 Å². The maximum absolute atomic E-state index is 11.4. The molecule has 1 aromatic heterocycles. The van der Waals surface area contributed by atoms with Gasteiger partial charge in [0.25, 0.3) is 0 Å². The monoisotopic (exact) mass is 197 g/mol. The molecule has 0 aromatic carbocycles. The molecule has 0 saturated carbocycles. The van der Waals surface area contributed by atoms with Crippen molar-refractivity contribution in [3.8, 4) is 0 Å². The third-order valence-corrected chi connectivity index (χ3v) is 2.07. The van der Waals surface area contributed by atoms with Gasteiger partial charge >= 0.3 is 5.97 Å². The topological polar surface area (TPSA) is 66.2 Å². The van der Waals surface area contributed by atoms with Crippen LogP contribution in [0.2, 0.25) is 0 Å². The van der Waals surface area contributed by atoms with Gasteiger partial charge in [-0.1, -0.05) is 0 Å². The second kappa shape index (κ2) is 4.19. The summed E-state index contributed by atoms with van der Waals surface area (Å²) in [6, 6.07) is 0. The van der Waals surface area contributed by atoms with Gasteiger partial charge in [0.1, 0.15) is 12.7 Å². The first-order valence-electron chi connectivity index (χ1n) is 4.43. The number of hydrogen-bond donors (Lipinski definition) is 0. The number of ether oxygens (including phenoxy) is 2. The lowest BCUT2D eigenvalue weighted by atomic mass is 10.1. The number of carbonyl (C=O) groups excluding carboxylic acids is 1. The van der Waals surface area contributed by atoms with Gasteiger partial charge in [-0.25, -0.2) is 9.67 Å². The van der Waals surface area contributed by atoms with Crippen molar-refractivity contribution in [1.82, 2.24) is 14.8 Å². The van der Waals surface area contributed by atoms with Crippen molar-refractivity contribution in [2.45, 2.75) is 13.2 Å². The standard InChI is InChI=1S/C8H11N3O3/c12-8(7-1-2-13-3-7)14-6-11-5-9-4-10-11/h4-5,7H,1-3,6H2. The normalized spacial score (nSPS) is 21.0. The zero-order valence-corrected chi connectivity index (χ0v) is 7.63. The highest BCUT2D eigenvalue weighted by atomic mass is 16.5. The molecule has 1 aliphatic heterocycles. The molecule has 0 amide bonds. The van der Waals surface area contributed by atoms with Crippen LogP contribution in [0.25, 0.3) is 0 Å². The lowest BCUT2D eigenvalue weighted by Crippen LogP contribution is -2.19. The molecule has 1 aromatic rings. The van der Waals surface area contributed by atoms with Crippen molar-refractivity contribution in [2.75, 3.05) is 13.2 Å². The van der Waals surface area contributed by atoms with E-state index >= 15 is 0 Å². The minimum atomic E-state index is -0.224. The highest BCUT2D eigenvalue weighted by Gasteiger charge is 2.24. The molecule has 1 atom stereocenters. The van der Waals surface area contributed by atoms with E-state index in [1.165, 1.54) is 17.3 Å². The molecular formula is C8H11N3O3. The van der Waals surface area contributed by atoms with E-state index in [9.17, 15) is 4.79 Å². The van der Waals surface area contributed by atoms with E-state index in [2.05, 4.69) is 10.1 Å². The average Bonchev–Trinajstić information content (AvgIpc) is 2.87. The van der Waals surface area contributed by atoms with Gasteiger partial charge < -0.3 is 9.47 Å². The highest BCUT2D eigenvalue weighted by Crippen LogP contribution is 2.13. The number of carbonyl (C=O) groups is 1. The minimum Gasteiger partial charge on any atom is -0.442 e. The second-order valence-corrected chi connectivity index (χ2v) is 3.09. The Balaban J connectivity index is 1.77. The Morgan fingerprint density at radius 3 is 3.29 bits per heavy atom. The number of esters is 1. The van der Waals surface area contributed by atoms with Gasteiger partial charge in [-0.15, -0.1) is 0 Å². The highest BCUT2D eigenvalue weighted by molar-refractivity contribution is 5.72. The van der Waals surface area contributed by atoms with Crippen LogP contribution in [-0.4, -0.2) is 33.9 Å². The number of rotatable bonds is 3. The maximum atomic E-state index is 11.4. The zero-order chi connectivity index (χ0) is 9.80. The molecule has 1 fully saturated rings. The molecule has 0 N–H and O–H groups in total. The van der Waals surface area contributed by atoms with E-state index in [1.807, 2.05) is 0 Å². The number of hydrogen-bond acceptors (Lipinski definition) is 5. The van der Waals surface area contributed by atoms with Crippen LogP contribution in [0.1, 0.15) is 6.42 Å². The molecule has 76 valence electrons. The summed E-state index contributed by atoms with van der Waals surface area (Å²) in [5, 5.41) is 3.81. The zero-order valence-electron chi connectivity index (χ0n) is 7.63. The Kier molecular flexibility index (Phi) is 2.73. The van der Waals surface area contributed by atoms with Crippen molar-refractivity contribution in [3.05, 3.63) is 12.7 Å². The summed E-state index contributed by atoms with van der Waals surface area (Å²) < 4.78 is 11.5. The molecule has 1 aliphatic rings. The van der Waals surface area contributed by atoms with Gasteiger partial charge in [0.05, 0.1) is 12.5 Å². The molecule has 0 spiro atoms. The van der Waals surface area contributed by atoms with E-state index in [4.69, 9.17) is 9.47 Å². The van der Waals surface area contributed by atoms with Crippen LogP contribution in [0.4, 0.5) is 0 Å². The lowest BCUT2D eigenvalue weighted by molar-refractivity contribution is -0.152. The van der Waals surface area contributed by atoms with Crippen LogP contribution >= 0.6 is 0 Å². The van der Waals surface area contributed by atoms with Crippen LogP contribution in [0, 0.1) is 5.92 Å². The van der Waals surface area contributed by atoms with Crippen molar-refractivity contribution < 1.29 is 14.3 Å². The van der Waals surface area contributed by atoms with E-state index < -0.39 is 0 Å². The summed E-state index contributed by atoms with van der Waals surface area (Å²) >= 11 is 0. The number of nitrogens with zero attached hydrogens (tertiary/aromatic N) is 3. The maximum Gasteiger partial charge on any atom is 0.313 e. The van der Waals surface area contributed by atoms with Crippen LogP contribution in [-0.2, 0) is 21.0 Å². The summed E-state index contributed by atoms with van der Waals surface area (Å²) in [5.41, 5.74) is 0. The van der Waals surface area contributed by atoms with Crippen molar-refractivity contribution in [1.29, 1.82) is 0 Å². The predicted molar refractivity (Wildman–Crippen MR) is 45.0 cm³/mol. The molecule has 1 unspecified atom stereocenters. The Morgan fingerprint density at radius 1 is 1.71 bits per heavy atom. The Hall–Kier alpha value is -1.43. The predicted octanol–water partition coefficient (Wildman–Crippen LogP) is -0.185. The van der Waals surface area contributed by atoms with Crippen molar-refractivity contribution >= 4 is 5.97 Å². The summed E-state index contributed by atoms with van der Waals surface area (Å²) in [6.45, 7) is 1.23. The molecule has 2 rings (SSSR count). The minimum absolute atomic E-state index is 0.112. The Labute approximate surface area is 80.8 Å². The van der Waals surface area contributed by atoms with Gasteiger partial charge in [0, 0.05) is 6.61 Å². The van der Waals surface area contributed by atoms with Gasteiger partial charge in [-0.05, 0) is 6.42 Å². The first-order chi connectivity index (χ1) is 6.86. The third-order valence-electron chi connectivity index (χ3n) is 2.07. The third kappa shape index (κ3) is 2.08. The summed E-state index contributed by atoms with van der Waals surface area (Å²) in [4.78, 5) is 15.1. The number of aromatic nitrogens is 3. The fraction of sp³-hybridized carbons (Fsp3) is 0.625. The van der Waals surface area contributed by atoms with E-state index in [1.54, 1.807) is 0 Å². The molecular weight excluding hydrogens is 186 g/mol. The summed E-state index contributed by atoms with van der Waals surface area (Å²) in [7, 11) is 0. The van der Waals surface area contributed by atoms with Crippen LogP contribution in [0.15, 0.2) is 12.7 Å². The van der Waals surface area contributed by atoms with Crippen molar-refractivity contribution in [2.24, 2.45) is 5.92 Å². The van der Waals surface area contributed by atoms with Gasteiger partial charge in [-0.2, -0.15) is 5.10 Å². The van der Waals surface area contributed by atoms with Crippen LogP contribution < -0.4 is 0 Å². The van der Waals surface area contributed by atoms with Gasteiger partial charge in [0.2, 0.25) is 0 Å².